The summed E-state index contributed by atoms with van der Waals surface area (Å²) >= 11 is 6.67. The van der Waals surface area contributed by atoms with Crippen molar-refractivity contribution in [2.45, 2.75) is 26.7 Å². The van der Waals surface area contributed by atoms with Crippen molar-refractivity contribution < 1.29 is 19.1 Å². The summed E-state index contributed by atoms with van der Waals surface area (Å²) in [6, 6.07) is 0. The van der Waals surface area contributed by atoms with E-state index in [9.17, 15) is 9.59 Å². The molecule has 0 heterocycles. The van der Waals surface area contributed by atoms with Gasteiger partial charge in [-0.2, -0.15) is 0 Å². The fourth-order valence-corrected chi connectivity index (χ4v) is 2.93. The second-order valence-corrected chi connectivity index (χ2v) is 5.60. The molecule has 0 bridgehead atoms. The number of carbonyl (C=O) groups is 2. The van der Waals surface area contributed by atoms with Gasteiger partial charge in [0.15, 0.2) is 5.41 Å². The maximum atomic E-state index is 12.0. The molecule has 0 radical (unpaired) electrons. The molecule has 0 atom stereocenters. The van der Waals surface area contributed by atoms with E-state index in [4.69, 9.17) is 9.47 Å². The summed E-state index contributed by atoms with van der Waals surface area (Å²) < 4.78 is 11.6. The number of allylic oxidation sites excluding steroid dienone is 2. The highest BCUT2D eigenvalue weighted by Gasteiger charge is 2.53. The molecule has 1 aliphatic rings. The van der Waals surface area contributed by atoms with Crippen LogP contribution >= 0.6 is 31.9 Å². The number of carbonyl (C=O) groups excluding carboxylic acids is 2. The van der Waals surface area contributed by atoms with Gasteiger partial charge in [-0.05, 0) is 13.8 Å². The second-order valence-electron chi connectivity index (χ2n) is 3.69. The van der Waals surface area contributed by atoms with Crippen molar-refractivity contribution in [2.24, 2.45) is 5.41 Å². The first-order valence-electron chi connectivity index (χ1n) is 5.35. The van der Waals surface area contributed by atoms with Gasteiger partial charge in [0, 0.05) is 21.8 Å². The highest BCUT2D eigenvalue weighted by Crippen LogP contribution is 2.48. The van der Waals surface area contributed by atoms with Crippen LogP contribution in [0.15, 0.2) is 8.96 Å². The molecule has 6 heteroatoms. The Morgan fingerprint density at radius 3 is 1.71 bits per heavy atom. The van der Waals surface area contributed by atoms with Gasteiger partial charge in [-0.15, -0.1) is 0 Å². The number of halogens is 2. The van der Waals surface area contributed by atoms with Gasteiger partial charge in [-0.3, -0.25) is 9.59 Å². The maximum absolute atomic E-state index is 12.0. The summed E-state index contributed by atoms with van der Waals surface area (Å²) in [6.07, 6.45) is 0.566. The molecule has 0 aromatic heterocycles. The number of hydrogen-bond acceptors (Lipinski definition) is 4. The largest absolute Gasteiger partial charge is 0.465 e. The minimum absolute atomic E-state index is 0.245. The van der Waals surface area contributed by atoms with Gasteiger partial charge in [0.1, 0.15) is 0 Å². The van der Waals surface area contributed by atoms with Gasteiger partial charge in [0.25, 0.3) is 0 Å². The number of rotatable bonds is 4. The molecule has 0 fully saturated rings. The van der Waals surface area contributed by atoms with E-state index in [0.717, 1.165) is 8.96 Å². The monoisotopic (exact) mass is 368 g/mol. The van der Waals surface area contributed by atoms with Crippen LogP contribution in [0.4, 0.5) is 0 Å². The van der Waals surface area contributed by atoms with Crippen LogP contribution in [0.2, 0.25) is 0 Å². The minimum atomic E-state index is -1.23. The van der Waals surface area contributed by atoms with Gasteiger partial charge in [0.05, 0.1) is 13.2 Å². The molecule has 17 heavy (non-hydrogen) atoms. The Hall–Kier alpha value is -0.360. The summed E-state index contributed by atoms with van der Waals surface area (Å²) in [6.45, 7) is 3.91. The van der Waals surface area contributed by atoms with Crippen LogP contribution in [-0.2, 0) is 19.1 Å². The highest BCUT2D eigenvalue weighted by molar-refractivity contribution is 9.14. The maximum Gasteiger partial charge on any atom is 0.324 e. The normalized spacial score (nSPS) is 18.1. The average Bonchev–Trinajstić information content (AvgIpc) is 2.57. The molecule has 1 aliphatic carbocycles. The summed E-state index contributed by atoms with van der Waals surface area (Å²) in [5.74, 6) is -1.05. The van der Waals surface area contributed by atoms with Crippen molar-refractivity contribution in [2.75, 3.05) is 13.2 Å². The third-order valence-electron chi connectivity index (χ3n) is 2.54. The Labute approximate surface area is 117 Å². The van der Waals surface area contributed by atoms with Gasteiger partial charge in [-0.25, -0.2) is 0 Å². The molecular formula is C11H14Br2O4. The second kappa shape index (κ2) is 6.00. The predicted molar refractivity (Wildman–Crippen MR) is 69.8 cm³/mol. The van der Waals surface area contributed by atoms with E-state index in [0.29, 0.717) is 0 Å². The van der Waals surface area contributed by atoms with Crippen LogP contribution in [0.25, 0.3) is 0 Å². The molecule has 1 rings (SSSR count). The van der Waals surface area contributed by atoms with Crippen molar-refractivity contribution in [1.29, 1.82) is 0 Å². The highest BCUT2D eigenvalue weighted by atomic mass is 79.9. The summed E-state index contributed by atoms with van der Waals surface area (Å²) in [5.41, 5.74) is -1.23. The van der Waals surface area contributed by atoms with Crippen molar-refractivity contribution in [3.8, 4) is 0 Å². The molecule has 0 saturated heterocycles. The van der Waals surface area contributed by atoms with Gasteiger partial charge in [-0.1, -0.05) is 31.9 Å². The third kappa shape index (κ3) is 2.91. The fourth-order valence-electron chi connectivity index (χ4n) is 1.69. The zero-order chi connectivity index (χ0) is 13.1. The lowest BCUT2D eigenvalue weighted by Crippen LogP contribution is -2.40. The van der Waals surface area contributed by atoms with Crippen molar-refractivity contribution in [3.63, 3.8) is 0 Å². The first-order valence-corrected chi connectivity index (χ1v) is 6.94. The summed E-state index contributed by atoms with van der Waals surface area (Å²) in [4.78, 5) is 24.0. The SMILES string of the molecule is CCOC(=O)C1(C(=O)OCC)CC(Br)=C(Br)C1. The summed E-state index contributed by atoms with van der Waals surface area (Å²) in [7, 11) is 0. The minimum Gasteiger partial charge on any atom is -0.465 e. The Morgan fingerprint density at radius 1 is 1.06 bits per heavy atom. The predicted octanol–water partition coefficient (Wildman–Crippen LogP) is 2.89. The molecule has 0 saturated carbocycles. The first-order chi connectivity index (χ1) is 7.97. The Balaban J connectivity index is 2.96. The standard InChI is InChI=1S/C11H14Br2O4/c1-3-16-9(14)11(10(15)17-4-2)5-7(12)8(13)6-11/h3-6H2,1-2H3. The topological polar surface area (TPSA) is 52.6 Å². The Kier molecular flexibility index (Phi) is 5.19. The van der Waals surface area contributed by atoms with E-state index in [-0.39, 0.29) is 26.1 Å². The fraction of sp³-hybridized carbons (Fsp3) is 0.636. The quantitative estimate of drug-likeness (QED) is 0.564. The summed E-state index contributed by atoms with van der Waals surface area (Å²) in [5, 5.41) is 0. The van der Waals surface area contributed by atoms with Crippen LogP contribution in [0.5, 0.6) is 0 Å². The molecule has 96 valence electrons. The zero-order valence-corrected chi connectivity index (χ0v) is 12.9. The van der Waals surface area contributed by atoms with Crippen molar-refractivity contribution in [1.82, 2.24) is 0 Å². The molecule has 0 amide bonds. The lowest BCUT2D eigenvalue weighted by molar-refractivity contribution is -0.171. The van der Waals surface area contributed by atoms with Crippen LogP contribution in [0.1, 0.15) is 26.7 Å². The van der Waals surface area contributed by atoms with E-state index in [2.05, 4.69) is 31.9 Å². The van der Waals surface area contributed by atoms with Crippen molar-refractivity contribution >= 4 is 43.8 Å². The Morgan fingerprint density at radius 2 is 1.41 bits per heavy atom. The lowest BCUT2D eigenvalue weighted by Gasteiger charge is -2.24. The number of esters is 2. The van der Waals surface area contributed by atoms with Gasteiger partial charge < -0.3 is 9.47 Å². The van der Waals surface area contributed by atoms with Crippen LogP contribution in [0.3, 0.4) is 0 Å². The van der Waals surface area contributed by atoms with E-state index >= 15 is 0 Å². The molecule has 0 aliphatic heterocycles. The molecule has 0 aromatic carbocycles. The van der Waals surface area contributed by atoms with Gasteiger partial charge >= 0.3 is 11.9 Å². The smallest absolute Gasteiger partial charge is 0.324 e. The van der Waals surface area contributed by atoms with Crippen LogP contribution < -0.4 is 0 Å². The molecule has 0 aromatic rings. The average molecular weight is 370 g/mol. The molecular weight excluding hydrogens is 356 g/mol. The van der Waals surface area contributed by atoms with Gasteiger partial charge in [0.2, 0.25) is 0 Å². The van der Waals surface area contributed by atoms with Crippen LogP contribution in [-0.4, -0.2) is 25.2 Å². The van der Waals surface area contributed by atoms with E-state index in [1.807, 2.05) is 0 Å². The lowest BCUT2D eigenvalue weighted by atomic mass is 9.85. The third-order valence-corrected chi connectivity index (χ3v) is 4.59. The number of ether oxygens (including phenoxy) is 2. The number of hydrogen-bond donors (Lipinski definition) is 0. The van der Waals surface area contributed by atoms with E-state index in [1.165, 1.54) is 0 Å². The van der Waals surface area contributed by atoms with E-state index < -0.39 is 17.4 Å². The molecule has 0 spiro atoms. The van der Waals surface area contributed by atoms with Crippen molar-refractivity contribution in [3.05, 3.63) is 8.96 Å². The van der Waals surface area contributed by atoms with E-state index in [1.54, 1.807) is 13.8 Å². The Bertz CT molecular complexity index is 328. The molecule has 0 N–H and O–H groups in total. The zero-order valence-electron chi connectivity index (χ0n) is 9.72. The molecule has 0 unspecified atom stereocenters. The van der Waals surface area contributed by atoms with Crippen LogP contribution in [0, 0.1) is 5.41 Å². The first kappa shape index (κ1) is 14.7. The molecule has 4 nitrogen and oxygen atoms in total.